The highest BCUT2D eigenvalue weighted by Gasteiger charge is 2.37. The number of aryl methyl sites for hydroxylation is 1. The summed E-state index contributed by atoms with van der Waals surface area (Å²) in [5.74, 6) is 0.917. The molecule has 2 N–H and O–H groups in total. The van der Waals surface area contributed by atoms with Crippen LogP contribution in [0.1, 0.15) is 43.1 Å². The van der Waals surface area contributed by atoms with Crippen molar-refractivity contribution >= 4 is 11.6 Å². The number of nitrogens with two attached hydrogens (primary N) is 1. The van der Waals surface area contributed by atoms with Crippen molar-refractivity contribution in [3.63, 3.8) is 0 Å². The van der Waals surface area contributed by atoms with Gasteiger partial charge in [-0.3, -0.25) is 4.79 Å². The molecule has 0 saturated heterocycles. The summed E-state index contributed by atoms with van der Waals surface area (Å²) in [7, 11) is 0. The van der Waals surface area contributed by atoms with Crippen molar-refractivity contribution in [3.05, 3.63) is 18.0 Å². The lowest BCUT2D eigenvalue weighted by Crippen LogP contribution is -2.36. The second-order valence-corrected chi connectivity index (χ2v) is 5.58. The maximum Gasteiger partial charge on any atom is 0.270 e. The van der Waals surface area contributed by atoms with Crippen molar-refractivity contribution < 1.29 is 4.79 Å². The molecule has 4 nitrogen and oxygen atoms in total. The van der Waals surface area contributed by atoms with Crippen LogP contribution in [0.5, 0.6) is 0 Å². The second-order valence-electron chi connectivity index (χ2n) is 5.58. The van der Waals surface area contributed by atoms with E-state index in [1.54, 1.807) is 0 Å². The predicted molar refractivity (Wildman–Crippen MR) is 71.3 cm³/mol. The number of hydrogen-bond acceptors (Lipinski definition) is 2. The van der Waals surface area contributed by atoms with E-state index in [4.69, 9.17) is 5.73 Å². The zero-order valence-corrected chi connectivity index (χ0v) is 10.9. The highest BCUT2D eigenvalue weighted by Crippen LogP contribution is 2.35. The molecule has 0 radical (unpaired) electrons. The fourth-order valence-corrected chi connectivity index (χ4v) is 2.48. The molecule has 2 aliphatic rings. The van der Waals surface area contributed by atoms with E-state index in [2.05, 4.69) is 4.90 Å². The van der Waals surface area contributed by atoms with Gasteiger partial charge in [-0.1, -0.05) is 0 Å². The Labute approximate surface area is 108 Å². The van der Waals surface area contributed by atoms with Crippen LogP contribution in [0.4, 0.5) is 5.69 Å². The van der Waals surface area contributed by atoms with Crippen LogP contribution >= 0.6 is 0 Å². The topological polar surface area (TPSA) is 51.3 Å². The molecule has 2 aliphatic carbocycles. The van der Waals surface area contributed by atoms with Gasteiger partial charge in [0, 0.05) is 25.3 Å². The molecule has 0 spiro atoms. The summed E-state index contributed by atoms with van der Waals surface area (Å²) in [6.45, 7) is 3.77. The van der Waals surface area contributed by atoms with Crippen LogP contribution in [0.2, 0.25) is 0 Å². The molecule has 0 atom stereocenters. The zero-order chi connectivity index (χ0) is 12.7. The zero-order valence-electron chi connectivity index (χ0n) is 10.9. The third-order valence-corrected chi connectivity index (χ3v) is 3.88. The van der Waals surface area contributed by atoms with Crippen molar-refractivity contribution in [1.29, 1.82) is 0 Å². The summed E-state index contributed by atoms with van der Waals surface area (Å²) in [5, 5.41) is 0. The Hall–Kier alpha value is -1.45. The van der Waals surface area contributed by atoms with Gasteiger partial charge in [-0.15, -0.1) is 0 Å². The summed E-state index contributed by atoms with van der Waals surface area (Å²) in [6.07, 6.45) is 6.76. The number of carbonyl (C=O) groups is 1. The van der Waals surface area contributed by atoms with Crippen LogP contribution in [-0.2, 0) is 6.54 Å². The second kappa shape index (κ2) is 4.34. The highest BCUT2D eigenvalue weighted by molar-refractivity contribution is 5.94. The van der Waals surface area contributed by atoms with Crippen molar-refractivity contribution in [2.45, 2.75) is 45.2 Å². The van der Waals surface area contributed by atoms with Gasteiger partial charge in [-0.05, 0) is 44.6 Å². The largest absolute Gasteiger partial charge is 0.397 e. The number of hydrogen-bond donors (Lipinski definition) is 1. The normalized spacial score (nSPS) is 18.9. The number of nitrogens with zero attached hydrogens (tertiary/aromatic N) is 2. The molecule has 0 unspecified atom stereocenters. The molecule has 1 aromatic heterocycles. The van der Waals surface area contributed by atoms with Gasteiger partial charge in [-0.2, -0.15) is 0 Å². The van der Waals surface area contributed by atoms with Gasteiger partial charge in [0.25, 0.3) is 5.91 Å². The van der Waals surface area contributed by atoms with Crippen molar-refractivity contribution in [3.8, 4) is 0 Å². The first-order valence-electron chi connectivity index (χ1n) is 6.95. The lowest BCUT2D eigenvalue weighted by Gasteiger charge is -2.22. The van der Waals surface area contributed by atoms with Crippen molar-refractivity contribution in [2.75, 3.05) is 12.3 Å². The number of carbonyl (C=O) groups excluding carboxylic acids is 1. The average Bonchev–Trinajstić information content (AvgIpc) is 3.23. The molecule has 0 bridgehead atoms. The average molecular weight is 247 g/mol. The molecule has 4 heteroatoms. The summed E-state index contributed by atoms with van der Waals surface area (Å²) >= 11 is 0. The number of rotatable bonds is 5. The Morgan fingerprint density at radius 3 is 2.72 bits per heavy atom. The summed E-state index contributed by atoms with van der Waals surface area (Å²) in [6, 6.07) is 2.30. The highest BCUT2D eigenvalue weighted by atomic mass is 16.2. The molecule has 2 saturated carbocycles. The molecule has 98 valence electrons. The number of amides is 1. The number of aromatic nitrogens is 1. The molecule has 0 aromatic carbocycles. The fourth-order valence-electron chi connectivity index (χ4n) is 2.48. The van der Waals surface area contributed by atoms with Crippen molar-refractivity contribution in [2.24, 2.45) is 5.92 Å². The fraction of sp³-hybridized carbons (Fsp3) is 0.643. The molecule has 18 heavy (non-hydrogen) atoms. The standard InChI is InChI=1S/C14H21N3O/c1-2-16-9-11(15)7-13(16)14(18)17(12-5-6-12)8-10-3-4-10/h7,9-10,12H,2-6,8,15H2,1H3. The Balaban J connectivity index is 1.81. The minimum Gasteiger partial charge on any atom is -0.397 e. The lowest BCUT2D eigenvalue weighted by molar-refractivity contribution is 0.0724. The summed E-state index contributed by atoms with van der Waals surface area (Å²) in [4.78, 5) is 14.7. The van der Waals surface area contributed by atoms with Crippen LogP contribution in [-0.4, -0.2) is 28.0 Å². The Bertz CT molecular complexity index is 458. The lowest BCUT2D eigenvalue weighted by atomic mass is 10.3. The number of anilines is 1. The van der Waals surface area contributed by atoms with E-state index in [9.17, 15) is 4.79 Å². The maximum absolute atomic E-state index is 12.6. The van der Waals surface area contributed by atoms with Crippen LogP contribution in [0.15, 0.2) is 12.3 Å². The van der Waals surface area contributed by atoms with Crippen LogP contribution in [0.25, 0.3) is 0 Å². The SMILES string of the molecule is CCn1cc(N)cc1C(=O)N(CC1CC1)C1CC1. The monoisotopic (exact) mass is 247 g/mol. The molecule has 2 fully saturated rings. The molecule has 0 aliphatic heterocycles. The van der Waals surface area contributed by atoms with Crippen LogP contribution < -0.4 is 5.73 Å². The molecular weight excluding hydrogens is 226 g/mol. The first kappa shape index (κ1) is 11.6. The Kier molecular flexibility index (Phi) is 2.80. The first-order chi connectivity index (χ1) is 8.69. The molecule has 1 amide bonds. The van der Waals surface area contributed by atoms with Gasteiger partial charge in [0.05, 0.1) is 5.69 Å². The van der Waals surface area contributed by atoms with E-state index < -0.39 is 0 Å². The van der Waals surface area contributed by atoms with E-state index >= 15 is 0 Å². The van der Waals surface area contributed by atoms with Gasteiger partial charge in [0.2, 0.25) is 0 Å². The summed E-state index contributed by atoms with van der Waals surface area (Å²) < 4.78 is 1.96. The smallest absolute Gasteiger partial charge is 0.270 e. The van der Waals surface area contributed by atoms with Crippen LogP contribution in [0.3, 0.4) is 0 Å². The molecule has 1 aromatic rings. The first-order valence-corrected chi connectivity index (χ1v) is 6.95. The third-order valence-electron chi connectivity index (χ3n) is 3.88. The molecular formula is C14H21N3O. The van der Waals surface area contributed by atoms with E-state index in [0.29, 0.717) is 11.7 Å². The van der Waals surface area contributed by atoms with E-state index in [0.717, 1.165) is 24.7 Å². The van der Waals surface area contributed by atoms with E-state index in [-0.39, 0.29) is 5.91 Å². The van der Waals surface area contributed by atoms with Gasteiger partial charge >= 0.3 is 0 Å². The van der Waals surface area contributed by atoms with Gasteiger partial charge < -0.3 is 15.2 Å². The summed E-state index contributed by atoms with van der Waals surface area (Å²) in [5.41, 5.74) is 7.24. The van der Waals surface area contributed by atoms with Gasteiger partial charge in [-0.25, -0.2) is 0 Å². The maximum atomic E-state index is 12.6. The Morgan fingerprint density at radius 1 is 1.44 bits per heavy atom. The minimum absolute atomic E-state index is 0.169. The van der Waals surface area contributed by atoms with E-state index in [1.165, 1.54) is 25.7 Å². The molecule has 1 heterocycles. The van der Waals surface area contributed by atoms with Crippen LogP contribution in [0, 0.1) is 5.92 Å². The van der Waals surface area contributed by atoms with E-state index in [1.807, 2.05) is 23.8 Å². The predicted octanol–water partition coefficient (Wildman–Crippen LogP) is 2.10. The van der Waals surface area contributed by atoms with Gasteiger partial charge in [0.15, 0.2) is 0 Å². The number of nitrogen functional groups attached to an aromatic ring is 1. The van der Waals surface area contributed by atoms with Crippen molar-refractivity contribution in [1.82, 2.24) is 9.47 Å². The van der Waals surface area contributed by atoms with Gasteiger partial charge in [0.1, 0.15) is 5.69 Å². The quantitative estimate of drug-likeness (QED) is 0.866. The minimum atomic E-state index is 0.169. The third kappa shape index (κ3) is 2.24. The Morgan fingerprint density at radius 2 is 2.17 bits per heavy atom. The molecule has 3 rings (SSSR count).